The van der Waals surface area contributed by atoms with E-state index in [9.17, 15) is 0 Å². The number of hydrogen-bond donors (Lipinski definition) is 2. The molecular formula is C19H40N2. The van der Waals surface area contributed by atoms with E-state index < -0.39 is 0 Å². The van der Waals surface area contributed by atoms with Crippen molar-refractivity contribution in [2.24, 2.45) is 11.8 Å². The van der Waals surface area contributed by atoms with Gasteiger partial charge in [0, 0.05) is 13.6 Å². The molecule has 0 aliphatic heterocycles. The zero-order chi connectivity index (χ0) is 15.9. The fourth-order valence-electron chi connectivity index (χ4n) is 3.29. The molecule has 2 nitrogen and oxygen atoms in total. The molecule has 0 spiro atoms. The molecule has 0 radical (unpaired) electrons. The Balaban J connectivity index is 3.44. The van der Waals surface area contributed by atoms with Gasteiger partial charge in [0.2, 0.25) is 0 Å². The topological polar surface area (TPSA) is 24.1 Å². The van der Waals surface area contributed by atoms with Crippen molar-refractivity contribution in [1.29, 1.82) is 0 Å². The lowest BCUT2D eigenvalue weighted by Crippen LogP contribution is -2.23. The molecule has 1 unspecified atom stereocenters. The Morgan fingerprint density at radius 3 is 1.86 bits per heavy atom. The van der Waals surface area contributed by atoms with Gasteiger partial charge in [-0.2, -0.15) is 0 Å². The van der Waals surface area contributed by atoms with Crippen molar-refractivity contribution in [3.8, 4) is 0 Å². The molecular weight excluding hydrogens is 256 g/mol. The van der Waals surface area contributed by atoms with Gasteiger partial charge in [0.05, 0.1) is 5.82 Å². The highest BCUT2D eigenvalue weighted by Gasteiger charge is 2.15. The summed E-state index contributed by atoms with van der Waals surface area (Å²) in [6, 6.07) is 0. The SMILES string of the molecule is C=C(NC)NCCCCCCCCC(CC)C(CC)CC. The van der Waals surface area contributed by atoms with Crippen molar-refractivity contribution in [2.75, 3.05) is 13.6 Å². The van der Waals surface area contributed by atoms with Crippen molar-refractivity contribution in [2.45, 2.75) is 85.0 Å². The van der Waals surface area contributed by atoms with Crippen LogP contribution in [-0.4, -0.2) is 13.6 Å². The van der Waals surface area contributed by atoms with E-state index in [2.05, 4.69) is 38.0 Å². The molecule has 0 fully saturated rings. The third-order valence-corrected chi connectivity index (χ3v) is 4.88. The van der Waals surface area contributed by atoms with Crippen LogP contribution in [0.25, 0.3) is 0 Å². The monoisotopic (exact) mass is 296 g/mol. The molecule has 2 N–H and O–H groups in total. The molecule has 0 aromatic rings. The summed E-state index contributed by atoms with van der Waals surface area (Å²) in [4.78, 5) is 0. The summed E-state index contributed by atoms with van der Waals surface area (Å²) in [6.45, 7) is 12.0. The van der Waals surface area contributed by atoms with Crippen LogP contribution in [0.2, 0.25) is 0 Å². The Labute approximate surface area is 134 Å². The Kier molecular flexibility index (Phi) is 13.8. The fourth-order valence-corrected chi connectivity index (χ4v) is 3.29. The highest BCUT2D eigenvalue weighted by atomic mass is 15.1. The van der Waals surface area contributed by atoms with E-state index in [1.165, 1.54) is 64.2 Å². The first kappa shape index (κ1) is 20.3. The van der Waals surface area contributed by atoms with Crippen molar-refractivity contribution >= 4 is 0 Å². The average Bonchev–Trinajstić information content (AvgIpc) is 2.51. The van der Waals surface area contributed by atoms with E-state index in [0.717, 1.165) is 24.2 Å². The molecule has 0 bridgehead atoms. The maximum atomic E-state index is 3.86. The summed E-state index contributed by atoms with van der Waals surface area (Å²) in [5.41, 5.74) is 0. The predicted molar refractivity (Wildman–Crippen MR) is 96.4 cm³/mol. The van der Waals surface area contributed by atoms with Crippen LogP contribution in [0.5, 0.6) is 0 Å². The van der Waals surface area contributed by atoms with E-state index in [0.29, 0.717) is 0 Å². The van der Waals surface area contributed by atoms with Crippen LogP contribution in [0.4, 0.5) is 0 Å². The maximum absolute atomic E-state index is 3.86. The van der Waals surface area contributed by atoms with E-state index in [4.69, 9.17) is 0 Å². The van der Waals surface area contributed by atoms with E-state index in [1.54, 1.807) is 0 Å². The van der Waals surface area contributed by atoms with Gasteiger partial charge in [-0.3, -0.25) is 0 Å². The van der Waals surface area contributed by atoms with Crippen molar-refractivity contribution in [3.05, 3.63) is 12.4 Å². The van der Waals surface area contributed by atoms with Gasteiger partial charge in [-0.25, -0.2) is 0 Å². The summed E-state index contributed by atoms with van der Waals surface area (Å²) >= 11 is 0. The number of nitrogens with one attached hydrogen (secondary N) is 2. The lowest BCUT2D eigenvalue weighted by molar-refractivity contribution is 0.278. The molecule has 0 saturated heterocycles. The van der Waals surface area contributed by atoms with Gasteiger partial charge in [-0.1, -0.05) is 85.1 Å². The molecule has 0 aliphatic rings. The highest BCUT2D eigenvalue weighted by Crippen LogP contribution is 2.27. The minimum Gasteiger partial charge on any atom is -0.375 e. The van der Waals surface area contributed by atoms with Gasteiger partial charge >= 0.3 is 0 Å². The Morgan fingerprint density at radius 2 is 1.33 bits per heavy atom. The minimum atomic E-state index is 0.932. The first-order valence-electron chi connectivity index (χ1n) is 9.29. The van der Waals surface area contributed by atoms with Crippen LogP contribution >= 0.6 is 0 Å². The first-order valence-corrected chi connectivity index (χ1v) is 9.29. The van der Waals surface area contributed by atoms with E-state index in [1.807, 2.05) is 7.05 Å². The largest absolute Gasteiger partial charge is 0.375 e. The highest BCUT2D eigenvalue weighted by molar-refractivity contribution is 4.85. The summed E-state index contributed by atoms with van der Waals surface area (Å²) in [6.07, 6.45) is 13.8. The molecule has 1 atom stereocenters. The summed E-state index contributed by atoms with van der Waals surface area (Å²) in [5, 5.41) is 6.29. The van der Waals surface area contributed by atoms with Gasteiger partial charge in [0.15, 0.2) is 0 Å². The molecule has 126 valence electrons. The first-order chi connectivity index (χ1) is 10.2. The zero-order valence-corrected chi connectivity index (χ0v) is 15.1. The zero-order valence-electron chi connectivity index (χ0n) is 15.1. The molecule has 0 amide bonds. The molecule has 0 aromatic heterocycles. The molecule has 2 heteroatoms. The molecule has 0 saturated carbocycles. The Hall–Kier alpha value is -0.660. The fraction of sp³-hybridized carbons (Fsp3) is 0.895. The summed E-state index contributed by atoms with van der Waals surface area (Å²) < 4.78 is 0. The second-order valence-corrected chi connectivity index (χ2v) is 6.31. The Bertz CT molecular complexity index is 234. The van der Waals surface area contributed by atoms with Crippen LogP contribution in [0.15, 0.2) is 12.4 Å². The lowest BCUT2D eigenvalue weighted by atomic mass is 9.82. The van der Waals surface area contributed by atoms with E-state index in [-0.39, 0.29) is 0 Å². The lowest BCUT2D eigenvalue weighted by Gasteiger charge is -2.24. The third kappa shape index (κ3) is 10.7. The van der Waals surface area contributed by atoms with Crippen LogP contribution in [0.3, 0.4) is 0 Å². The normalized spacial score (nSPS) is 12.4. The van der Waals surface area contributed by atoms with Crippen molar-refractivity contribution in [1.82, 2.24) is 10.6 Å². The number of rotatable bonds is 15. The second kappa shape index (κ2) is 14.3. The van der Waals surface area contributed by atoms with Crippen molar-refractivity contribution in [3.63, 3.8) is 0 Å². The molecule has 0 rings (SSSR count). The summed E-state index contributed by atoms with van der Waals surface area (Å²) in [7, 11) is 1.90. The van der Waals surface area contributed by atoms with Crippen LogP contribution in [-0.2, 0) is 0 Å². The third-order valence-electron chi connectivity index (χ3n) is 4.88. The van der Waals surface area contributed by atoms with Crippen LogP contribution < -0.4 is 10.6 Å². The molecule has 21 heavy (non-hydrogen) atoms. The predicted octanol–water partition coefficient (Wildman–Crippen LogP) is 5.46. The number of hydrogen-bond acceptors (Lipinski definition) is 2. The quantitative estimate of drug-likeness (QED) is 0.392. The van der Waals surface area contributed by atoms with Crippen LogP contribution in [0.1, 0.15) is 85.0 Å². The van der Waals surface area contributed by atoms with Gasteiger partial charge in [-0.15, -0.1) is 0 Å². The van der Waals surface area contributed by atoms with Gasteiger partial charge < -0.3 is 10.6 Å². The van der Waals surface area contributed by atoms with E-state index >= 15 is 0 Å². The molecule has 0 aromatic carbocycles. The average molecular weight is 297 g/mol. The summed E-state index contributed by atoms with van der Waals surface area (Å²) in [5.74, 6) is 2.86. The second-order valence-electron chi connectivity index (χ2n) is 6.31. The molecule has 0 aliphatic carbocycles. The minimum absolute atomic E-state index is 0.932. The van der Waals surface area contributed by atoms with Crippen molar-refractivity contribution < 1.29 is 0 Å². The van der Waals surface area contributed by atoms with Gasteiger partial charge in [-0.05, 0) is 18.3 Å². The Morgan fingerprint density at radius 1 is 0.810 bits per heavy atom. The van der Waals surface area contributed by atoms with Crippen LogP contribution in [0, 0.1) is 11.8 Å². The maximum Gasteiger partial charge on any atom is 0.0909 e. The number of unbranched alkanes of at least 4 members (excludes halogenated alkanes) is 5. The molecule has 0 heterocycles. The standard InChI is InChI=1S/C19H40N2/c1-6-18(7-2)19(8-3)15-13-11-9-10-12-14-16-21-17(4)20-5/h18-21H,4,6-16H2,1-3,5H3. The van der Waals surface area contributed by atoms with Gasteiger partial charge in [0.1, 0.15) is 0 Å². The van der Waals surface area contributed by atoms with Gasteiger partial charge in [0.25, 0.3) is 0 Å². The smallest absolute Gasteiger partial charge is 0.0909 e.